The van der Waals surface area contributed by atoms with Gasteiger partial charge in [-0.05, 0) is 31.1 Å². The third-order valence-corrected chi connectivity index (χ3v) is 4.92. The SMILES string of the molecule is COC(=O)c1nc(NC2CC(C)CC(C)C2)sc1C(C)=O. The highest BCUT2D eigenvalue weighted by Gasteiger charge is 2.26. The third-order valence-electron chi connectivity index (χ3n) is 3.83. The summed E-state index contributed by atoms with van der Waals surface area (Å²) in [4.78, 5) is 27.9. The minimum Gasteiger partial charge on any atom is -0.464 e. The van der Waals surface area contributed by atoms with Crippen molar-refractivity contribution in [1.82, 2.24) is 4.98 Å². The number of nitrogens with zero attached hydrogens (tertiary/aromatic N) is 1. The molecule has 1 aliphatic carbocycles. The summed E-state index contributed by atoms with van der Waals surface area (Å²) in [5, 5.41) is 4.02. The first-order valence-electron chi connectivity index (χ1n) is 7.27. The molecule has 0 aromatic carbocycles. The van der Waals surface area contributed by atoms with Gasteiger partial charge in [-0.3, -0.25) is 4.79 Å². The molecule has 1 aromatic heterocycles. The quantitative estimate of drug-likeness (QED) is 0.682. The van der Waals surface area contributed by atoms with Gasteiger partial charge in [0.1, 0.15) is 4.88 Å². The molecule has 116 valence electrons. The van der Waals surface area contributed by atoms with Crippen molar-refractivity contribution in [2.24, 2.45) is 11.8 Å². The van der Waals surface area contributed by atoms with Gasteiger partial charge >= 0.3 is 5.97 Å². The second-order valence-electron chi connectivity index (χ2n) is 6.00. The molecule has 5 nitrogen and oxygen atoms in total. The molecule has 2 unspecified atom stereocenters. The number of ether oxygens (including phenoxy) is 1. The second-order valence-corrected chi connectivity index (χ2v) is 7.00. The summed E-state index contributed by atoms with van der Waals surface area (Å²) < 4.78 is 4.69. The van der Waals surface area contributed by atoms with Crippen LogP contribution >= 0.6 is 11.3 Å². The van der Waals surface area contributed by atoms with Crippen molar-refractivity contribution >= 4 is 28.2 Å². The number of rotatable bonds is 4. The second kappa shape index (κ2) is 6.56. The Morgan fingerprint density at radius 1 is 1.24 bits per heavy atom. The lowest BCUT2D eigenvalue weighted by Crippen LogP contribution is -2.30. The van der Waals surface area contributed by atoms with Crippen molar-refractivity contribution in [2.75, 3.05) is 12.4 Å². The zero-order valence-corrected chi connectivity index (χ0v) is 13.8. The molecular formula is C15H22N2O3S. The number of carbonyl (C=O) groups excluding carboxylic acids is 2. The van der Waals surface area contributed by atoms with E-state index in [1.54, 1.807) is 0 Å². The van der Waals surface area contributed by atoms with E-state index >= 15 is 0 Å². The van der Waals surface area contributed by atoms with E-state index in [2.05, 4.69) is 28.9 Å². The molecule has 1 heterocycles. The van der Waals surface area contributed by atoms with E-state index in [9.17, 15) is 9.59 Å². The number of thiazole rings is 1. The van der Waals surface area contributed by atoms with Crippen LogP contribution in [0, 0.1) is 11.8 Å². The van der Waals surface area contributed by atoms with Crippen LogP contribution < -0.4 is 5.32 Å². The standard InChI is InChI=1S/C15H22N2O3S/c1-8-5-9(2)7-11(6-8)16-15-17-12(14(19)20-4)13(21-15)10(3)18/h8-9,11H,5-7H2,1-4H3,(H,16,17). The van der Waals surface area contributed by atoms with Crippen LogP contribution in [0.15, 0.2) is 0 Å². The smallest absolute Gasteiger partial charge is 0.358 e. The van der Waals surface area contributed by atoms with E-state index in [4.69, 9.17) is 0 Å². The number of Topliss-reactive ketones (excluding diaryl/α,β-unsaturated/α-hetero) is 1. The van der Waals surface area contributed by atoms with Crippen molar-refractivity contribution in [2.45, 2.75) is 46.1 Å². The van der Waals surface area contributed by atoms with Crippen LogP contribution in [0.2, 0.25) is 0 Å². The molecule has 1 saturated carbocycles. The number of hydrogen-bond donors (Lipinski definition) is 1. The highest BCUT2D eigenvalue weighted by atomic mass is 32.1. The highest BCUT2D eigenvalue weighted by molar-refractivity contribution is 7.17. The Kier molecular flexibility index (Phi) is 4.98. The monoisotopic (exact) mass is 310 g/mol. The topological polar surface area (TPSA) is 68.3 Å². The number of anilines is 1. The van der Waals surface area contributed by atoms with Crippen molar-refractivity contribution in [3.8, 4) is 0 Å². The first kappa shape index (κ1) is 15.9. The molecule has 0 amide bonds. The van der Waals surface area contributed by atoms with Gasteiger partial charge in [0.15, 0.2) is 16.6 Å². The Bertz CT molecular complexity index is 531. The number of methoxy groups -OCH3 is 1. The van der Waals surface area contributed by atoms with E-state index in [0.717, 1.165) is 12.8 Å². The van der Waals surface area contributed by atoms with Crippen LogP contribution in [-0.2, 0) is 4.74 Å². The van der Waals surface area contributed by atoms with E-state index in [-0.39, 0.29) is 11.5 Å². The van der Waals surface area contributed by atoms with E-state index in [1.165, 1.54) is 31.8 Å². The molecule has 1 fully saturated rings. The number of nitrogens with one attached hydrogen (secondary N) is 1. The van der Waals surface area contributed by atoms with Gasteiger partial charge in [-0.25, -0.2) is 9.78 Å². The molecule has 1 aromatic rings. The molecule has 0 aliphatic heterocycles. The predicted molar refractivity (Wildman–Crippen MR) is 83.0 cm³/mol. The van der Waals surface area contributed by atoms with Gasteiger partial charge in [0.05, 0.1) is 7.11 Å². The fourth-order valence-corrected chi connectivity index (χ4v) is 4.02. The number of aromatic nitrogens is 1. The molecule has 0 bridgehead atoms. The van der Waals surface area contributed by atoms with Crippen LogP contribution in [0.5, 0.6) is 0 Å². The fraction of sp³-hybridized carbons (Fsp3) is 0.667. The van der Waals surface area contributed by atoms with Crippen molar-refractivity contribution in [3.63, 3.8) is 0 Å². The minimum atomic E-state index is -0.560. The van der Waals surface area contributed by atoms with Gasteiger partial charge in [0, 0.05) is 13.0 Å². The van der Waals surface area contributed by atoms with Crippen LogP contribution in [0.1, 0.15) is 60.2 Å². The van der Waals surface area contributed by atoms with Gasteiger partial charge in [-0.2, -0.15) is 0 Å². The van der Waals surface area contributed by atoms with E-state index in [1.807, 2.05) is 0 Å². The molecule has 21 heavy (non-hydrogen) atoms. The third kappa shape index (κ3) is 3.81. The molecule has 0 spiro atoms. The van der Waals surface area contributed by atoms with Crippen LogP contribution in [-0.4, -0.2) is 29.9 Å². The summed E-state index contributed by atoms with van der Waals surface area (Å²) >= 11 is 1.23. The highest BCUT2D eigenvalue weighted by Crippen LogP contribution is 2.32. The normalized spacial score (nSPS) is 25.4. The lowest BCUT2D eigenvalue weighted by Gasteiger charge is -2.31. The van der Waals surface area contributed by atoms with E-state index < -0.39 is 5.97 Å². The van der Waals surface area contributed by atoms with Crippen molar-refractivity contribution < 1.29 is 14.3 Å². The average Bonchev–Trinajstić information content (AvgIpc) is 2.80. The number of esters is 1. The van der Waals surface area contributed by atoms with Crippen LogP contribution in [0.25, 0.3) is 0 Å². The maximum absolute atomic E-state index is 11.7. The Balaban J connectivity index is 2.17. The summed E-state index contributed by atoms with van der Waals surface area (Å²) in [5.41, 5.74) is 0.120. The molecule has 1 N–H and O–H groups in total. The first-order valence-corrected chi connectivity index (χ1v) is 8.09. The zero-order valence-electron chi connectivity index (χ0n) is 12.9. The molecule has 0 radical (unpaired) electrons. The first-order chi connectivity index (χ1) is 9.90. The summed E-state index contributed by atoms with van der Waals surface area (Å²) in [6, 6.07) is 0.347. The van der Waals surface area contributed by atoms with Crippen molar-refractivity contribution in [3.05, 3.63) is 10.6 Å². The van der Waals surface area contributed by atoms with Gasteiger partial charge in [-0.1, -0.05) is 25.2 Å². The number of hydrogen-bond acceptors (Lipinski definition) is 6. The lowest BCUT2D eigenvalue weighted by molar-refractivity contribution is 0.0591. The summed E-state index contributed by atoms with van der Waals surface area (Å²) in [6.07, 6.45) is 3.43. The van der Waals surface area contributed by atoms with Crippen LogP contribution in [0.3, 0.4) is 0 Å². The fourth-order valence-electron chi connectivity index (χ4n) is 3.09. The lowest BCUT2D eigenvalue weighted by atomic mass is 9.80. The number of ketones is 1. The molecule has 1 aliphatic rings. The molecule has 0 saturated heterocycles. The zero-order chi connectivity index (χ0) is 15.6. The average molecular weight is 310 g/mol. The Morgan fingerprint density at radius 3 is 2.38 bits per heavy atom. The predicted octanol–water partition coefficient (Wildman–Crippen LogP) is 3.37. The van der Waals surface area contributed by atoms with Gasteiger partial charge < -0.3 is 10.1 Å². The maximum Gasteiger partial charge on any atom is 0.358 e. The molecular weight excluding hydrogens is 288 g/mol. The number of carbonyl (C=O) groups is 2. The van der Waals surface area contributed by atoms with Crippen molar-refractivity contribution in [1.29, 1.82) is 0 Å². The molecule has 2 atom stereocenters. The summed E-state index contributed by atoms with van der Waals surface area (Å²) in [6.45, 7) is 5.95. The van der Waals surface area contributed by atoms with Crippen LogP contribution in [0.4, 0.5) is 5.13 Å². The summed E-state index contributed by atoms with van der Waals surface area (Å²) in [5.74, 6) is 0.637. The maximum atomic E-state index is 11.7. The molecule has 2 rings (SSSR count). The minimum absolute atomic E-state index is 0.120. The largest absolute Gasteiger partial charge is 0.464 e. The van der Waals surface area contributed by atoms with E-state index in [0.29, 0.717) is 27.9 Å². The van der Waals surface area contributed by atoms with Gasteiger partial charge in [-0.15, -0.1) is 0 Å². The Morgan fingerprint density at radius 2 is 1.86 bits per heavy atom. The molecule has 6 heteroatoms. The summed E-state index contributed by atoms with van der Waals surface area (Å²) in [7, 11) is 1.29. The van der Waals surface area contributed by atoms with Gasteiger partial charge in [0.25, 0.3) is 0 Å². The van der Waals surface area contributed by atoms with Gasteiger partial charge in [0.2, 0.25) is 0 Å². The Hall–Kier alpha value is -1.43. The Labute approximate surface area is 129 Å².